The van der Waals surface area contributed by atoms with Crippen molar-refractivity contribution >= 4 is 18.5 Å². The molecule has 20 heavy (non-hydrogen) atoms. The third-order valence-electron chi connectivity index (χ3n) is 3.50. The van der Waals surface area contributed by atoms with Crippen LogP contribution in [-0.4, -0.2) is 18.7 Å². The summed E-state index contributed by atoms with van der Waals surface area (Å²) in [4.78, 5) is 0. The van der Waals surface area contributed by atoms with Gasteiger partial charge in [0.05, 0.1) is 0 Å². The molecule has 2 heteroatoms. The summed E-state index contributed by atoms with van der Waals surface area (Å²) in [7, 11) is -0.269. The largest absolute Gasteiger partial charge is 0.317 e. The highest BCUT2D eigenvalue weighted by molar-refractivity contribution is 7.73. The summed E-state index contributed by atoms with van der Waals surface area (Å²) >= 11 is 0. The first-order valence-electron chi connectivity index (χ1n) is 7.43. The fourth-order valence-corrected chi connectivity index (χ4v) is 5.14. The lowest BCUT2D eigenvalue weighted by Gasteiger charge is -2.25. The van der Waals surface area contributed by atoms with E-state index in [0.717, 1.165) is 13.1 Å². The number of rotatable bonds is 7. The quantitative estimate of drug-likeness (QED) is 0.606. The molecule has 2 aromatic rings. The van der Waals surface area contributed by atoms with E-state index in [1.807, 2.05) is 0 Å². The van der Waals surface area contributed by atoms with Gasteiger partial charge in [-0.1, -0.05) is 74.5 Å². The molecule has 1 nitrogen and oxygen atoms in total. The van der Waals surface area contributed by atoms with E-state index >= 15 is 0 Å². The van der Waals surface area contributed by atoms with Crippen LogP contribution in [0.4, 0.5) is 0 Å². The molecule has 106 valence electrons. The molecular formula is C18H24NP. The van der Waals surface area contributed by atoms with E-state index in [1.165, 1.54) is 17.0 Å². The molecule has 0 fully saturated rings. The highest BCUT2D eigenvalue weighted by Gasteiger charge is 2.20. The molecule has 2 aromatic carbocycles. The van der Waals surface area contributed by atoms with Crippen molar-refractivity contribution in [3.8, 4) is 0 Å². The van der Waals surface area contributed by atoms with Crippen LogP contribution in [0.5, 0.6) is 0 Å². The van der Waals surface area contributed by atoms with Crippen LogP contribution in [0.3, 0.4) is 0 Å². The molecule has 0 aliphatic heterocycles. The fourth-order valence-electron chi connectivity index (χ4n) is 2.45. The van der Waals surface area contributed by atoms with Gasteiger partial charge in [0.15, 0.2) is 0 Å². The summed E-state index contributed by atoms with van der Waals surface area (Å²) in [6, 6.07) is 22.0. The fraction of sp³-hybridized carbons (Fsp3) is 0.333. The predicted molar refractivity (Wildman–Crippen MR) is 91.7 cm³/mol. The molecule has 0 radical (unpaired) electrons. The van der Waals surface area contributed by atoms with Crippen molar-refractivity contribution < 1.29 is 0 Å². The molecule has 2 rings (SSSR count). The van der Waals surface area contributed by atoms with Crippen molar-refractivity contribution in [2.24, 2.45) is 0 Å². The summed E-state index contributed by atoms with van der Waals surface area (Å²) in [6.45, 7) is 6.72. The molecule has 0 spiro atoms. The van der Waals surface area contributed by atoms with Gasteiger partial charge in [0.1, 0.15) is 0 Å². The van der Waals surface area contributed by atoms with Crippen LogP contribution in [0.1, 0.15) is 20.3 Å². The summed E-state index contributed by atoms with van der Waals surface area (Å²) < 4.78 is 0. The maximum atomic E-state index is 3.45. The van der Waals surface area contributed by atoms with E-state index < -0.39 is 0 Å². The van der Waals surface area contributed by atoms with Crippen LogP contribution in [0.2, 0.25) is 0 Å². The zero-order valence-corrected chi connectivity index (χ0v) is 13.3. The summed E-state index contributed by atoms with van der Waals surface area (Å²) in [5.74, 6) is 0. The number of hydrogen-bond donors (Lipinski definition) is 1. The zero-order chi connectivity index (χ0) is 14.2. The molecule has 1 atom stereocenters. The van der Waals surface area contributed by atoms with Crippen LogP contribution in [-0.2, 0) is 0 Å². The third kappa shape index (κ3) is 4.16. The van der Waals surface area contributed by atoms with Gasteiger partial charge < -0.3 is 5.32 Å². The van der Waals surface area contributed by atoms with Gasteiger partial charge in [0.25, 0.3) is 0 Å². The van der Waals surface area contributed by atoms with Gasteiger partial charge in [-0.05, 0) is 43.7 Å². The molecule has 1 N–H and O–H groups in total. The number of hydrogen-bond acceptors (Lipinski definition) is 1. The minimum absolute atomic E-state index is 0.269. The second-order valence-electron chi connectivity index (χ2n) is 5.03. The average molecular weight is 285 g/mol. The Balaban J connectivity index is 2.21. The standard InChI is InChI=1S/C18H24NP/c1-3-19-15-14-16(2)20(17-10-6-4-7-11-17)18-12-8-5-9-13-18/h4-13,16,19H,3,14-15H2,1-2H3/t16-/m0/s1. The van der Waals surface area contributed by atoms with Crippen molar-refractivity contribution in [2.45, 2.75) is 25.9 Å². The van der Waals surface area contributed by atoms with E-state index in [0.29, 0.717) is 5.66 Å². The molecule has 0 bridgehead atoms. The predicted octanol–water partition coefficient (Wildman–Crippen LogP) is 3.51. The van der Waals surface area contributed by atoms with Gasteiger partial charge in [0, 0.05) is 0 Å². The average Bonchev–Trinajstić information content (AvgIpc) is 2.50. The zero-order valence-electron chi connectivity index (χ0n) is 12.4. The highest BCUT2D eigenvalue weighted by Crippen LogP contribution is 2.40. The Labute approximate surface area is 124 Å². The van der Waals surface area contributed by atoms with Gasteiger partial charge in [-0.2, -0.15) is 0 Å². The Morgan fingerprint density at radius 2 is 1.40 bits per heavy atom. The third-order valence-corrected chi connectivity index (χ3v) is 6.35. The lowest BCUT2D eigenvalue weighted by molar-refractivity contribution is 0.668. The monoisotopic (exact) mass is 285 g/mol. The molecular weight excluding hydrogens is 261 g/mol. The van der Waals surface area contributed by atoms with Crippen LogP contribution in [0.25, 0.3) is 0 Å². The molecule has 0 unspecified atom stereocenters. The first-order valence-corrected chi connectivity index (χ1v) is 8.84. The lowest BCUT2D eigenvalue weighted by Crippen LogP contribution is -2.24. The molecule has 0 saturated heterocycles. The van der Waals surface area contributed by atoms with Gasteiger partial charge in [0.2, 0.25) is 0 Å². The van der Waals surface area contributed by atoms with Gasteiger partial charge in [-0.15, -0.1) is 0 Å². The number of nitrogens with one attached hydrogen (secondary N) is 1. The van der Waals surface area contributed by atoms with E-state index in [1.54, 1.807) is 0 Å². The number of benzene rings is 2. The second kappa shape index (κ2) is 8.19. The molecule has 0 aliphatic rings. The first-order chi connectivity index (χ1) is 9.83. The highest BCUT2D eigenvalue weighted by atomic mass is 31.1. The van der Waals surface area contributed by atoms with E-state index in [9.17, 15) is 0 Å². The van der Waals surface area contributed by atoms with Crippen LogP contribution < -0.4 is 15.9 Å². The topological polar surface area (TPSA) is 12.0 Å². The smallest absolute Gasteiger partial charge is 0.00429 e. The van der Waals surface area contributed by atoms with Gasteiger partial charge in [-0.25, -0.2) is 0 Å². The molecule has 0 aromatic heterocycles. The van der Waals surface area contributed by atoms with Gasteiger partial charge >= 0.3 is 0 Å². The lowest BCUT2D eigenvalue weighted by atomic mass is 10.3. The van der Waals surface area contributed by atoms with E-state index in [-0.39, 0.29) is 7.92 Å². The van der Waals surface area contributed by atoms with Crippen LogP contribution in [0.15, 0.2) is 60.7 Å². The van der Waals surface area contributed by atoms with E-state index in [2.05, 4.69) is 79.8 Å². The normalized spacial score (nSPS) is 12.6. The second-order valence-corrected chi connectivity index (χ2v) is 7.69. The summed E-state index contributed by atoms with van der Waals surface area (Å²) in [6.07, 6.45) is 1.23. The van der Waals surface area contributed by atoms with Gasteiger partial charge in [-0.3, -0.25) is 0 Å². The van der Waals surface area contributed by atoms with Crippen molar-refractivity contribution in [1.82, 2.24) is 5.32 Å². The molecule has 0 heterocycles. The molecule has 0 saturated carbocycles. The Kier molecular flexibility index (Phi) is 6.24. The van der Waals surface area contributed by atoms with Crippen molar-refractivity contribution in [1.29, 1.82) is 0 Å². The van der Waals surface area contributed by atoms with Crippen LogP contribution >= 0.6 is 7.92 Å². The maximum Gasteiger partial charge on any atom is -0.00429 e. The Morgan fingerprint density at radius 1 is 0.900 bits per heavy atom. The van der Waals surface area contributed by atoms with Crippen LogP contribution in [0, 0.1) is 0 Å². The molecule has 0 amide bonds. The Bertz CT molecular complexity index is 444. The Morgan fingerprint density at radius 3 is 1.85 bits per heavy atom. The minimum atomic E-state index is -0.269. The van der Waals surface area contributed by atoms with Crippen molar-refractivity contribution in [3.63, 3.8) is 0 Å². The van der Waals surface area contributed by atoms with Crippen molar-refractivity contribution in [3.05, 3.63) is 60.7 Å². The SMILES string of the molecule is CCNCC[C@H](C)P(c1ccccc1)c1ccccc1. The molecule has 0 aliphatic carbocycles. The van der Waals surface area contributed by atoms with Crippen molar-refractivity contribution in [2.75, 3.05) is 13.1 Å². The van der Waals surface area contributed by atoms with E-state index in [4.69, 9.17) is 0 Å². The maximum absolute atomic E-state index is 3.45. The Hall–Kier alpha value is -1.17. The first kappa shape index (κ1) is 15.2. The summed E-state index contributed by atoms with van der Waals surface area (Å²) in [5, 5.41) is 6.42. The minimum Gasteiger partial charge on any atom is -0.317 e. The summed E-state index contributed by atoms with van der Waals surface area (Å²) in [5.41, 5.74) is 0.689.